The molecule has 0 bridgehead atoms. The molecule has 0 aliphatic carbocycles. The van der Waals surface area contributed by atoms with E-state index in [4.69, 9.17) is 0 Å². The van der Waals surface area contributed by atoms with Crippen LogP contribution in [0.3, 0.4) is 0 Å². The summed E-state index contributed by atoms with van der Waals surface area (Å²) in [7, 11) is 0. The Bertz CT molecular complexity index is 2840. The molecule has 0 aromatic heterocycles. The molecule has 12 nitrogen and oxygen atoms in total. The summed E-state index contributed by atoms with van der Waals surface area (Å²) in [5.74, 6) is -3.30. The lowest BCUT2D eigenvalue weighted by atomic mass is 9.85. The van der Waals surface area contributed by atoms with Crippen molar-refractivity contribution >= 4 is 21.5 Å². The van der Waals surface area contributed by atoms with Crippen molar-refractivity contribution in [3.8, 4) is 69.0 Å². The number of phenols is 12. The summed E-state index contributed by atoms with van der Waals surface area (Å²) in [6.45, 7) is 0. The standard InChI is InChI=1S/C49H40O12/c50-32-17-28(9-24-1-5-40(52)44(56)13-24)34-19-30(11-26-3-7-42(54)46(58)15-26)48(60)38(36(34)21-32)23-39-37-22-33(51)18-29(10-25-2-6-41(53)45(57)14-25)35(37)20-31(49(39)61)12-27-4-8-43(55)47(59)16-27/h1-8,13-22,50-61H,9-12,23H2. The van der Waals surface area contributed by atoms with E-state index >= 15 is 0 Å². The van der Waals surface area contributed by atoms with E-state index in [2.05, 4.69) is 0 Å². The van der Waals surface area contributed by atoms with Crippen molar-refractivity contribution in [2.45, 2.75) is 32.1 Å². The van der Waals surface area contributed by atoms with Gasteiger partial charge >= 0.3 is 0 Å². The molecule has 0 heterocycles. The highest BCUT2D eigenvalue weighted by atomic mass is 16.3. The maximum absolute atomic E-state index is 12.3. The van der Waals surface area contributed by atoms with E-state index < -0.39 is 0 Å². The van der Waals surface area contributed by atoms with Gasteiger partial charge in [0.05, 0.1) is 0 Å². The topological polar surface area (TPSA) is 243 Å². The predicted molar refractivity (Wildman–Crippen MR) is 228 cm³/mol. The van der Waals surface area contributed by atoms with Crippen LogP contribution in [0.2, 0.25) is 0 Å². The molecule has 0 spiro atoms. The number of benzene rings is 8. The smallest absolute Gasteiger partial charge is 0.157 e. The molecule has 0 radical (unpaired) electrons. The Balaban J connectivity index is 1.37. The van der Waals surface area contributed by atoms with E-state index in [-0.39, 0.29) is 112 Å². The molecule has 8 aromatic rings. The van der Waals surface area contributed by atoms with Crippen molar-refractivity contribution in [3.05, 3.63) is 165 Å². The average molecular weight is 821 g/mol. The number of fused-ring (bicyclic) bond motifs is 2. The van der Waals surface area contributed by atoms with Crippen LogP contribution >= 0.6 is 0 Å². The lowest BCUT2D eigenvalue weighted by Crippen LogP contribution is -2.02. The number of phenolic OH excluding ortho intramolecular Hbond substituents is 12. The predicted octanol–water partition coefficient (Wildman–Crippen LogP) is 8.41. The Morgan fingerprint density at radius 2 is 0.541 bits per heavy atom. The molecule has 0 fully saturated rings. The summed E-state index contributed by atoms with van der Waals surface area (Å²) in [6.07, 6.45) is 0.333. The van der Waals surface area contributed by atoms with Crippen LogP contribution in [0, 0.1) is 0 Å². The van der Waals surface area contributed by atoms with Crippen molar-refractivity contribution in [1.29, 1.82) is 0 Å². The summed E-state index contributed by atoms with van der Waals surface area (Å²) in [5, 5.41) is 130. The summed E-state index contributed by atoms with van der Waals surface area (Å²) >= 11 is 0. The first-order valence-electron chi connectivity index (χ1n) is 19.1. The van der Waals surface area contributed by atoms with Gasteiger partial charge in [0.25, 0.3) is 0 Å². The summed E-state index contributed by atoms with van der Waals surface area (Å²) < 4.78 is 0. The van der Waals surface area contributed by atoms with Crippen LogP contribution in [0.25, 0.3) is 21.5 Å². The molecule has 12 N–H and O–H groups in total. The van der Waals surface area contributed by atoms with Crippen LogP contribution in [0.1, 0.15) is 55.6 Å². The van der Waals surface area contributed by atoms with Gasteiger partial charge in [0, 0.05) is 30.4 Å². The highest BCUT2D eigenvalue weighted by Gasteiger charge is 2.23. The summed E-state index contributed by atoms with van der Waals surface area (Å²) in [5.41, 5.74) is 4.81. The van der Waals surface area contributed by atoms with E-state index in [1.807, 2.05) is 0 Å². The Morgan fingerprint density at radius 1 is 0.246 bits per heavy atom. The van der Waals surface area contributed by atoms with Crippen molar-refractivity contribution < 1.29 is 61.3 Å². The van der Waals surface area contributed by atoms with Crippen molar-refractivity contribution in [3.63, 3.8) is 0 Å². The van der Waals surface area contributed by atoms with Gasteiger partial charge in [-0.3, -0.25) is 0 Å². The fraction of sp³-hybridized carbons (Fsp3) is 0.102. The molecule has 308 valence electrons. The first-order chi connectivity index (χ1) is 29.1. The molecule has 0 saturated heterocycles. The Labute approximate surface area is 347 Å². The largest absolute Gasteiger partial charge is 0.508 e. The van der Waals surface area contributed by atoms with Gasteiger partial charge in [0.2, 0.25) is 0 Å². The molecule has 8 aromatic carbocycles. The van der Waals surface area contributed by atoms with Crippen LogP contribution in [0.15, 0.2) is 109 Å². The fourth-order valence-electron chi connectivity index (χ4n) is 8.05. The second-order valence-corrected chi connectivity index (χ2v) is 15.3. The number of rotatable bonds is 10. The van der Waals surface area contributed by atoms with Gasteiger partial charge < -0.3 is 61.3 Å². The Hall–Kier alpha value is -8.12. The molecule has 0 aliphatic rings. The zero-order valence-electron chi connectivity index (χ0n) is 32.3. The molecular weight excluding hydrogens is 781 g/mol. The molecule has 0 unspecified atom stereocenters. The number of hydrogen-bond acceptors (Lipinski definition) is 12. The third kappa shape index (κ3) is 7.89. The van der Waals surface area contributed by atoms with E-state index in [0.717, 1.165) is 0 Å². The minimum Gasteiger partial charge on any atom is -0.508 e. The normalized spacial score (nSPS) is 11.4. The third-order valence-electron chi connectivity index (χ3n) is 11.1. The summed E-state index contributed by atoms with van der Waals surface area (Å²) in [6, 6.07) is 26.9. The molecule has 0 aliphatic heterocycles. The Morgan fingerprint density at radius 3 is 0.836 bits per heavy atom. The fourth-order valence-corrected chi connectivity index (χ4v) is 8.05. The van der Waals surface area contributed by atoms with E-state index in [9.17, 15) is 61.3 Å². The van der Waals surface area contributed by atoms with E-state index in [1.54, 1.807) is 48.5 Å². The van der Waals surface area contributed by atoms with Gasteiger partial charge in [-0.05, 0) is 164 Å². The van der Waals surface area contributed by atoms with Gasteiger partial charge in [0.15, 0.2) is 46.0 Å². The number of aromatic hydroxyl groups is 12. The minimum atomic E-state index is -0.357. The minimum absolute atomic E-state index is 0.0739. The zero-order chi connectivity index (χ0) is 43.3. The molecular formula is C49H40O12. The van der Waals surface area contributed by atoms with Gasteiger partial charge in [0.1, 0.15) is 23.0 Å². The van der Waals surface area contributed by atoms with Crippen molar-refractivity contribution in [1.82, 2.24) is 0 Å². The van der Waals surface area contributed by atoms with Crippen molar-refractivity contribution in [2.24, 2.45) is 0 Å². The third-order valence-corrected chi connectivity index (χ3v) is 11.1. The monoisotopic (exact) mass is 820 g/mol. The van der Waals surface area contributed by atoms with Crippen LogP contribution in [0.4, 0.5) is 0 Å². The van der Waals surface area contributed by atoms with Gasteiger partial charge in [-0.15, -0.1) is 0 Å². The number of hydrogen-bond donors (Lipinski definition) is 12. The van der Waals surface area contributed by atoms with Crippen LogP contribution in [0.5, 0.6) is 69.0 Å². The first kappa shape index (κ1) is 39.7. The molecule has 8 rings (SSSR count). The highest BCUT2D eigenvalue weighted by molar-refractivity contribution is 5.96. The zero-order valence-corrected chi connectivity index (χ0v) is 32.3. The first-order valence-corrected chi connectivity index (χ1v) is 19.1. The highest BCUT2D eigenvalue weighted by Crippen LogP contribution is 2.44. The second-order valence-electron chi connectivity index (χ2n) is 15.3. The maximum atomic E-state index is 12.3. The molecule has 0 saturated carbocycles. The molecule has 12 heteroatoms. The molecule has 61 heavy (non-hydrogen) atoms. The second kappa shape index (κ2) is 15.6. The SMILES string of the molecule is Oc1cc(Cc2ccc(O)c(O)c2)c2cc(Cc3ccc(O)c(O)c3)c(O)c(Cc3c(O)c(Cc4ccc(O)c(O)c4)cc4c(Cc5ccc(O)c(O)c5)cc(O)cc34)c2c1. The maximum Gasteiger partial charge on any atom is 0.157 e. The Kier molecular flexibility index (Phi) is 10.1. The lowest BCUT2D eigenvalue weighted by molar-refractivity contribution is 0.403. The average Bonchev–Trinajstić information content (AvgIpc) is 3.21. The van der Waals surface area contributed by atoms with Crippen molar-refractivity contribution in [2.75, 3.05) is 0 Å². The van der Waals surface area contributed by atoms with E-state index in [1.165, 1.54) is 60.7 Å². The van der Waals surface area contributed by atoms with Crippen LogP contribution < -0.4 is 0 Å². The summed E-state index contributed by atoms with van der Waals surface area (Å²) in [4.78, 5) is 0. The quantitative estimate of drug-likeness (QED) is 0.0582. The van der Waals surface area contributed by atoms with Gasteiger partial charge in [-0.25, -0.2) is 0 Å². The molecule has 0 atom stereocenters. The van der Waals surface area contributed by atoms with E-state index in [0.29, 0.717) is 66.1 Å². The lowest BCUT2D eigenvalue weighted by Gasteiger charge is -2.21. The van der Waals surface area contributed by atoms with Crippen LogP contribution in [-0.4, -0.2) is 61.3 Å². The van der Waals surface area contributed by atoms with Gasteiger partial charge in [-0.1, -0.05) is 24.3 Å². The van der Waals surface area contributed by atoms with Crippen LogP contribution in [-0.2, 0) is 32.1 Å². The molecule has 0 amide bonds. The van der Waals surface area contributed by atoms with Gasteiger partial charge in [-0.2, -0.15) is 0 Å².